The summed E-state index contributed by atoms with van der Waals surface area (Å²) >= 11 is 3.14. The fraction of sp³-hybridized carbons (Fsp3) is 0.364. The van der Waals surface area contributed by atoms with Crippen molar-refractivity contribution in [3.63, 3.8) is 0 Å². The third-order valence-corrected chi connectivity index (χ3v) is 3.22. The third kappa shape index (κ3) is 2.78. The summed E-state index contributed by atoms with van der Waals surface area (Å²) in [5, 5.41) is 8.79. The van der Waals surface area contributed by atoms with Crippen molar-refractivity contribution in [3.8, 4) is 0 Å². The summed E-state index contributed by atoms with van der Waals surface area (Å²) in [6.45, 7) is 3.45. The molecule has 0 aliphatic rings. The minimum Gasteiger partial charge on any atom is -0.481 e. The lowest BCUT2D eigenvalue weighted by molar-refractivity contribution is -0.141. The molecule has 2 nitrogen and oxygen atoms in total. The van der Waals surface area contributed by atoms with E-state index in [1.54, 1.807) is 13.0 Å². The normalized spacial score (nSPS) is 12.5. The van der Waals surface area contributed by atoms with Crippen molar-refractivity contribution >= 4 is 21.9 Å². The number of hydrogen-bond acceptors (Lipinski definition) is 1. The topological polar surface area (TPSA) is 37.3 Å². The molecular formula is C11H12BrFO2. The third-order valence-electron chi connectivity index (χ3n) is 2.36. The van der Waals surface area contributed by atoms with Crippen LogP contribution in [0.4, 0.5) is 4.39 Å². The van der Waals surface area contributed by atoms with Crippen LogP contribution in [-0.4, -0.2) is 11.1 Å². The fourth-order valence-corrected chi connectivity index (χ4v) is 1.94. The molecule has 0 radical (unpaired) electrons. The maximum absolute atomic E-state index is 13.2. The SMILES string of the molecule is Cc1ccc(F)c(Br)c1CC(C)C(=O)O. The average Bonchev–Trinajstić information content (AvgIpc) is 2.18. The zero-order valence-corrected chi connectivity index (χ0v) is 10.1. The standard InChI is InChI=1S/C11H12BrFO2/c1-6-3-4-9(13)10(12)8(6)5-7(2)11(14)15/h3-4,7H,5H2,1-2H3,(H,14,15). The molecule has 1 aromatic carbocycles. The van der Waals surface area contributed by atoms with Crippen LogP contribution < -0.4 is 0 Å². The molecule has 0 saturated carbocycles. The summed E-state index contributed by atoms with van der Waals surface area (Å²) in [5.41, 5.74) is 1.63. The van der Waals surface area contributed by atoms with Gasteiger partial charge in [-0.2, -0.15) is 0 Å². The molecular weight excluding hydrogens is 263 g/mol. The number of aryl methyl sites for hydroxylation is 1. The van der Waals surface area contributed by atoms with E-state index in [-0.39, 0.29) is 5.82 Å². The fourth-order valence-electron chi connectivity index (χ4n) is 1.33. The van der Waals surface area contributed by atoms with Crippen molar-refractivity contribution in [1.29, 1.82) is 0 Å². The highest BCUT2D eigenvalue weighted by molar-refractivity contribution is 9.10. The van der Waals surface area contributed by atoms with Gasteiger partial charge in [-0.25, -0.2) is 4.39 Å². The highest BCUT2D eigenvalue weighted by atomic mass is 79.9. The minimum atomic E-state index is -0.870. The zero-order chi connectivity index (χ0) is 11.6. The molecule has 0 bridgehead atoms. The summed E-state index contributed by atoms with van der Waals surface area (Å²) in [4.78, 5) is 10.7. The van der Waals surface area contributed by atoms with E-state index in [4.69, 9.17) is 5.11 Å². The van der Waals surface area contributed by atoms with Crippen LogP contribution in [0.5, 0.6) is 0 Å². The molecule has 82 valence electrons. The van der Waals surface area contributed by atoms with Gasteiger partial charge in [-0.3, -0.25) is 4.79 Å². The van der Waals surface area contributed by atoms with Crippen molar-refractivity contribution < 1.29 is 14.3 Å². The molecule has 1 rings (SSSR count). The van der Waals surface area contributed by atoms with Crippen molar-refractivity contribution in [1.82, 2.24) is 0 Å². The monoisotopic (exact) mass is 274 g/mol. The number of carboxylic acids is 1. The van der Waals surface area contributed by atoms with E-state index in [0.717, 1.165) is 11.1 Å². The first-order valence-electron chi connectivity index (χ1n) is 4.59. The molecule has 0 aliphatic heterocycles. The minimum absolute atomic E-state index is 0.333. The summed E-state index contributed by atoms with van der Waals surface area (Å²) in [6, 6.07) is 3.03. The molecule has 0 fully saturated rings. The largest absolute Gasteiger partial charge is 0.481 e. The first-order chi connectivity index (χ1) is 6.93. The molecule has 4 heteroatoms. The maximum atomic E-state index is 13.2. The Morgan fingerprint density at radius 1 is 1.60 bits per heavy atom. The lowest BCUT2D eigenvalue weighted by Gasteiger charge is -2.11. The maximum Gasteiger partial charge on any atom is 0.306 e. The second-order valence-electron chi connectivity index (χ2n) is 3.60. The molecule has 1 unspecified atom stereocenters. The van der Waals surface area contributed by atoms with Crippen LogP contribution in [0.1, 0.15) is 18.1 Å². The molecule has 1 atom stereocenters. The molecule has 0 aliphatic carbocycles. The number of carboxylic acid groups (broad SMARTS) is 1. The average molecular weight is 275 g/mol. The second-order valence-corrected chi connectivity index (χ2v) is 4.39. The quantitative estimate of drug-likeness (QED) is 0.920. The molecule has 0 aromatic heterocycles. The van der Waals surface area contributed by atoms with Gasteiger partial charge in [0, 0.05) is 0 Å². The Morgan fingerprint density at radius 2 is 2.20 bits per heavy atom. The Morgan fingerprint density at radius 3 is 2.73 bits per heavy atom. The van der Waals surface area contributed by atoms with Gasteiger partial charge in [0.05, 0.1) is 10.4 Å². The van der Waals surface area contributed by atoms with Gasteiger partial charge in [-0.1, -0.05) is 13.0 Å². The smallest absolute Gasteiger partial charge is 0.306 e. The van der Waals surface area contributed by atoms with Crippen LogP contribution in [0.15, 0.2) is 16.6 Å². The van der Waals surface area contributed by atoms with Crippen LogP contribution >= 0.6 is 15.9 Å². The number of halogens is 2. The van der Waals surface area contributed by atoms with Crippen molar-refractivity contribution in [2.75, 3.05) is 0 Å². The van der Waals surface area contributed by atoms with Gasteiger partial charge in [-0.05, 0) is 46.5 Å². The van der Waals surface area contributed by atoms with E-state index in [0.29, 0.717) is 10.9 Å². The highest BCUT2D eigenvalue weighted by Crippen LogP contribution is 2.26. The van der Waals surface area contributed by atoms with E-state index >= 15 is 0 Å². The van der Waals surface area contributed by atoms with Gasteiger partial charge < -0.3 is 5.11 Å². The van der Waals surface area contributed by atoms with Gasteiger partial charge in [0.1, 0.15) is 5.82 Å². The Kier molecular flexibility index (Phi) is 3.85. The molecule has 0 spiro atoms. The van der Waals surface area contributed by atoms with Crippen LogP contribution in [0.2, 0.25) is 0 Å². The summed E-state index contributed by atoms with van der Waals surface area (Å²) < 4.78 is 13.6. The second kappa shape index (κ2) is 4.75. The lowest BCUT2D eigenvalue weighted by atomic mass is 9.97. The van der Waals surface area contributed by atoms with Crippen LogP contribution in [-0.2, 0) is 11.2 Å². The molecule has 1 N–H and O–H groups in total. The highest BCUT2D eigenvalue weighted by Gasteiger charge is 2.16. The Balaban J connectivity index is 3.03. The van der Waals surface area contributed by atoms with Crippen LogP contribution in [0.3, 0.4) is 0 Å². The van der Waals surface area contributed by atoms with E-state index in [1.807, 2.05) is 6.92 Å². The number of benzene rings is 1. The van der Waals surface area contributed by atoms with Gasteiger partial charge >= 0.3 is 5.97 Å². The predicted octanol–water partition coefficient (Wildman–Crippen LogP) is 3.16. The number of rotatable bonds is 3. The molecule has 0 amide bonds. The molecule has 1 aromatic rings. The van der Waals surface area contributed by atoms with Gasteiger partial charge in [0.2, 0.25) is 0 Å². The lowest BCUT2D eigenvalue weighted by Crippen LogP contribution is -2.13. The summed E-state index contributed by atoms with van der Waals surface area (Å²) in [5.74, 6) is -1.74. The van der Waals surface area contributed by atoms with Crippen molar-refractivity contribution in [3.05, 3.63) is 33.5 Å². The molecule has 0 saturated heterocycles. The Labute approximate surface area is 96.2 Å². The van der Waals surface area contributed by atoms with E-state index in [1.165, 1.54) is 6.07 Å². The Hall–Kier alpha value is -0.900. The number of carbonyl (C=O) groups is 1. The van der Waals surface area contributed by atoms with E-state index in [9.17, 15) is 9.18 Å². The van der Waals surface area contributed by atoms with E-state index in [2.05, 4.69) is 15.9 Å². The summed E-state index contributed by atoms with van der Waals surface area (Å²) in [6.07, 6.45) is 0.333. The molecule has 15 heavy (non-hydrogen) atoms. The van der Waals surface area contributed by atoms with E-state index < -0.39 is 11.9 Å². The van der Waals surface area contributed by atoms with Crippen molar-refractivity contribution in [2.24, 2.45) is 5.92 Å². The first-order valence-corrected chi connectivity index (χ1v) is 5.39. The zero-order valence-electron chi connectivity index (χ0n) is 8.55. The van der Waals surface area contributed by atoms with Crippen molar-refractivity contribution in [2.45, 2.75) is 20.3 Å². The molecule has 0 heterocycles. The van der Waals surface area contributed by atoms with Gasteiger partial charge in [0.25, 0.3) is 0 Å². The predicted molar refractivity (Wildman–Crippen MR) is 59.3 cm³/mol. The first kappa shape index (κ1) is 12.2. The summed E-state index contributed by atoms with van der Waals surface area (Å²) in [7, 11) is 0. The Bertz CT molecular complexity index is 390. The van der Waals surface area contributed by atoms with Gasteiger partial charge in [0.15, 0.2) is 0 Å². The number of hydrogen-bond donors (Lipinski definition) is 1. The van der Waals surface area contributed by atoms with Gasteiger partial charge in [-0.15, -0.1) is 0 Å². The van der Waals surface area contributed by atoms with Crippen LogP contribution in [0, 0.1) is 18.7 Å². The van der Waals surface area contributed by atoms with Crippen LogP contribution in [0.25, 0.3) is 0 Å². The number of aliphatic carboxylic acids is 1.